The summed E-state index contributed by atoms with van der Waals surface area (Å²) in [5.74, 6) is 0.949. The summed E-state index contributed by atoms with van der Waals surface area (Å²) in [4.78, 5) is 0. The van der Waals surface area contributed by atoms with Crippen LogP contribution in [0.1, 0.15) is 72.9 Å². The van der Waals surface area contributed by atoms with Crippen molar-refractivity contribution < 1.29 is 0 Å². The third kappa shape index (κ3) is 2.34. The highest BCUT2D eigenvalue weighted by Gasteiger charge is 2.45. The third-order valence-electron chi connectivity index (χ3n) is 6.34. The van der Waals surface area contributed by atoms with Crippen molar-refractivity contribution >= 4 is 12.2 Å². The minimum Gasteiger partial charge on any atom is -0.0646 e. The van der Waals surface area contributed by atoms with Gasteiger partial charge in [0, 0.05) is 11.8 Å². The Morgan fingerprint density at radius 3 is 2.16 bits per heavy atom. The molecule has 2 aromatic rings. The molecular weight excluding hydrogens is 300 g/mol. The molecule has 0 bridgehead atoms. The lowest BCUT2D eigenvalue weighted by molar-refractivity contribution is 0.275. The molecule has 2 unspecified atom stereocenters. The van der Waals surface area contributed by atoms with Gasteiger partial charge in [-0.1, -0.05) is 79.1 Å². The van der Waals surface area contributed by atoms with Gasteiger partial charge >= 0.3 is 0 Å². The van der Waals surface area contributed by atoms with Crippen LogP contribution < -0.4 is 0 Å². The van der Waals surface area contributed by atoms with E-state index in [0.717, 1.165) is 0 Å². The molecule has 0 spiro atoms. The van der Waals surface area contributed by atoms with Crippen LogP contribution in [0.2, 0.25) is 0 Å². The van der Waals surface area contributed by atoms with Gasteiger partial charge in [0.05, 0.1) is 0 Å². The summed E-state index contributed by atoms with van der Waals surface area (Å²) >= 11 is 0. The lowest BCUT2D eigenvalue weighted by Gasteiger charge is -2.41. The van der Waals surface area contributed by atoms with E-state index in [-0.39, 0.29) is 5.41 Å². The lowest BCUT2D eigenvalue weighted by atomic mass is 9.62. The summed E-state index contributed by atoms with van der Waals surface area (Å²) < 4.78 is 0. The molecule has 128 valence electrons. The van der Waals surface area contributed by atoms with E-state index in [1.165, 1.54) is 44.5 Å². The van der Waals surface area contributed by atoms with E-state index in [4.69, 9.17) is 0 Å². The van der Waals surface area contributed by atoms with Gasteiger partial charge in [-0.15, -0.1) is 0 Å². The van der Waals surface area contributed by atoms with Gasteiger partial charge in [0.1, 0.15) is 0 Å². The van der Waals surface area contributed by atoms with Crippen molar-refractivity contribution in [3.8, 4) is 0 Å². The molecule has 25 heavy (non-hydrogen) atoms. The Morgan fingerprint density at radius 1 is 0.760 bits per heavy atom. The van der Waals surface area contributed by atoms with Gasteiger partial charge in [0.15, 0.2) is 0 Å². The first kappa shape index (κ1) is 16.4. The number of hydrogen-bond donors (Lipinski definition) is 0. The zero-order valence-electron chi connectivity index (χ0n) is 16.3. The van der Waals surface area contributed by atoms with E-state index in [2.05, 4.69) is 90.1 Å². The molecule has 4 rings (SSSR count). The highest BCUT2D eigenvalue weighted by atomic mass is 14.5. The fourth-order valence-electron chi connectivity index (χ4n) is 5.62. The lowest BCUT2D eigenvalue weighted by Crippen LogP contribution is -2.29. The van der Waals surface area contributed by atoms with Gasteiger partial charge in [0.2, 0.25) is 0 Å². The van der Waals surface area contributed by atoms with Gasteiger partial charge in [-0.25, -0.2) is 0 Å². The van der Waals surface area contributed by atoms with Crippen LogP contribution in [0, 0.1) is 19.3 Å². The maximum Gasteiger partial charge on any atom is 0.0115 e. The average molecular weight is 328 g/mol. The van der Waals surface area contributed by atoms with Crippen molar-refractivity contribution in [2.45, 2.75) is 53.4 Å². The van der Waals surface area contributed by atoms with E-state index >= 15 is 0 Å². The highest BCUT2D eigenvalue weighted by molar-refractivity contribution is 5.72. The van der Waals surface area contributed by atoms with Gasteiger partial charge in [-0.3, -0.25) is 0 Å². The van der Waals surface area contributed by atoms with E-state index < -0.39 is 0 Å². The summed E-state index contributed by atoms with van der Waals surface area (Å²) in [7, 11) is 0. The highest BCUT2D eigenvalue weighted by Crippen LogP contribution is 2.58. The average Bonchev–Trinajstić information content (AvgIpc) is 3.03. The van der Waals surface area contributed by atoms with Gasteiger partial charge in [-0.2, -0.15) is 0 Å². The van der Waals surface area contributed by atoms with Crippen LogP contribution in [0.15, 0.2) is 47.5 Å². The third-order valence-corrected chi connectivity index (χ3v) is 6.34. The van der Waals surface area contributed by atoms with Crippen molar-refractivity contribution in [1.82, 2.24) is 0 Å². The van der Waals surface area contributed by atoms with Crippen LogP contribution in [0.25, 0.3) is 12.2 Å². The normalized spacial score (nSPS) is 21.7. The summed E-state index contributed by atoms with van der Waals surface area (Å²) in [6.07, 6.45) is 4.81. The summed E-state index contributed by atoms with van der Waals surface area (Å²) in [6.45, 7) is 14.0. The molecule has 0 saturated carbocycles. The van der Waals surface area contributed by atoms with E-state index in [0.29, 0.717) is 11.8 Å². The second-order valence-corrected chi connectivity index (χ2v) is 8.68. The van der Waals surface area contributed by atoms with Crippen LogP contribution >= 0.6 is 0 Å². The van der Waals surface area contributed by atoms with Gasteiger partial charge in [0.25, 0.3) is 0 Å². The van der Waals surface area contributed by atoms with Crippen molar-refractivity contribution in [3.63, 3.8) is 0 Å². The van der Waals surface area contributed by atoms with Crippen molar-refractivity contribution in [1.29, 1.82) is 0 Å². The fraction of sp³-hybridized carbons (Fsp3) is 0.360. The molecule has 0 aliphatic heterocycles. The van der Waals surface area contributed by atoms with Crippen molar-refractivity contribution in [3.05, 3.63) is 80.9 Å². The van der Waals surface area contributed by atoms with Crippen LogP contribution in [0.5, 0.6) is 0 Å². The van der Waals surface area contributed by atoms with E-state index in [1.54, 1.807) is 0 Å². The second kappa shape index (κ2) is 5.46. The summed E-state index contributed by atoms with van der Waals surface area (Å²) in [5, 5.41) is 0. The molecule has 2 aliphatic carbocycles. The smallest absolute Gasteiger partial charge is 0.0115 e. The summed E-state index contributed by atoms with van der Waals surface area (Å²) in [5.41, 5.74) is 11.8. The molecule has 0 N–H and O–H groups in total. The number of fused-ring (bicyclic) bond motifs is 2. The molecule has 2 aromatic carbocycles. The number of hydrogen-bond acceptors (Lipinski definition) is 0. The minimum atomic E-state index is 0.138. The monoisotopic (exact) mass is 328 g/mol. The predicted octanol–water partition coefficient (Wildman–Crippen LogP) is 7.03. The van der Waals surface area contributed by atoms with Crippen LogP contribution in [0.4, 0.5) is 0 Å². The number of allylic oxidation sites excluding steroid dienone is 2. The fourth-order valence-corrected chi connectivity index (χ4v) is 5.62. The number of aryl methyl sites for hydroxylation is 2. The predicted molar refractivity (Wildman–Crippen MR) is 109 cm³/mol. The standard InChI is InChI=1S/C25H28/c1-15-11-16(2)21-14-18(4)24(22(21)12-15)25(5,6)23-17(3)13-19-9-7-8-10-20(19)23/h7-14,23-24H,1-6H3. The Balaban J connectivity index is 1.86. The van der Waals surface area contributed by atoms with Crippen molar-refractivity contribution in [2.24, 2.45) is 5.41 Å². The molecule has 0 fully saturated rings. The first-order valence-corrected chi connectivity index (χ1v) is 9.37. The van der Waals surface area contributed by atoms with Crippen LogP contribution in [-0.4, -0.2) is 0 Å². The Morgan fingerprint density at radius 2 is 1.40 bits per heavy atom. The van der Waals surface area contributed by atoms with E-state index in [1.807, 2.05) is 0 Å². The second-order valence-electron chi connectivity index (χ2n) is 8.68. The SMILES string of the molecule is CC1=Cc2ccccc2C1C(C)(C)C1C(C)=Cc2c(C)cc(C)cc21. The zero-order valence-corrected chi connectivity index (χ0v) is 16.3. The maximum atomic E-state index is 2.46. The van der Waals surface area contributed by atoms with Gasteiger partial charge < -0.3 is 0 Å². The quantitative estimate of drug-likeness (QED) is 0.555. The molecule has 2 aliphatic rings. The largest absolute Gasteiger partial charge is 0.0646 e. The van der Waals surface area contributed by atoms with Crippen LogP contribution in [-0.2, 0) is 0 Å². The first-order chi connectivity index (χ1) is 11.8. The van der Waals surface area contributed by atoms with Crippen molar-refractivity contribution in [2.75, 3.05) is 0 Å². The Kier molecular flexibility index (Phi) is 3.58. The number of rotatable bonds is 2. The van der Waals surface area contributed by atoms with Gasteiger partial charge in [-0.05, 0) is 60.9 Å². The van der Waals surface area contributed by atoms with Crippen LogP contribution in [0.3, 0.4) is 0 Å². The number of benzene rings is 2. The topological polar surface area (TPSA) is 0 Å². The Labute approximate surface area is 152 Å². The molecule has 0 saturated heterocycles. The maximum absolute atomic E-state index is 2.46. The molecule has 0 heterocycles. The Hall–Kier alpha value is -2.08. The molecule has 0 radical (unpaired) electrons. The zero-order chi connectivity index (χ0) is 17.9. The Bertz CT molecular complexity index is 921. The first-order valence-electron chi connectivity index (χ1n) is 9.37. The minimum absolute atomic E-state index is 0.138. The van der Waals surface area contributed by atoms with E-state index in [9.17, 15) is 0 Å². The molecule has 0 nitrogen and oxygen atoms in total. The molecule has 0 amide bonds. The molecule has 0 aromatic heterocycles. The summed E-state index contributed by atoms with van der Waals surface area (Å²) in [6, 6.07) is 13.7. The molecule has 2 atom stereocenters. The molecular formula is C25H28. The molecule has 0 heteroatoms.